The summed E-state index contributed by atoms with van der Waals surface area (Å²) in [4.78, 5) is 25.3. The molecule has 0 saturated heterocycles. The van der Waals surface area contributed by atoms with Crippen molar-refractivity contribution in [1.82, 2.24) is 19.5 Å². The summed E-state index contributed by atoms with van der Waals surface area (Å²) < 4.78 is 1.70. The zero-order chi connectivity index (χ0) is 18.9. The van der Waals surface area contributed by atoms with Gasteiger partial charge in [-0.2, -0.15) is 0 Å². The van der Waals surface area contributed by atoms with Crippen molar-refractivity contribution >= 4 is 22.1 Å². The maximum Gasteiger partial charge on any atom is 0.269 e. The van der Waals surface area contributed by atoms with Crippen molar-refractivity contribution in [2.75, 3.05) is 0 Å². The summed E-state index contributed by atoms with van der Waals surface area (Å²) in [6.07, 6.45) is 4.89. The lowest BCUT2D eigenvalue weighted by Gasteiger charge is -2.10. The fraction of sp³-hybridized carbons (Fsp3) is 0.0435. The van der Waals surface area contributed by atoms with E-state index in [4.69, 9.17) is 0 Å². The highest BCUT2D eigenvalue weighted by atomic mass is 16.1. The zero-order valence-electron chi connectivity index (χ0n) is 15.0. The van der Waals surface area contributed by atoms with Crippen LogP contribution in [-0.2, 0) is 6.54 Å². The number of para-hydroxylation sites is 1. The van der Waals surface area contributed by atoms with Gasteiger partial charge in [-0.1, -0.05) is 36.4 Å². The Hall–Kier alpha value is -3.86. The Kier molecular flexibility index (Phi) is 3.91. The summed E-state index contributed by atoms with van der Waals surface area (Å²) in [6.45, 7) is 0.457. The van der Waals surface area contributed by atoms with Crippen LogP contribution in [0.3, 0.4) is 0 Å². The molecule has 0 aliphatic heterocycles. The molecule has 0 aliphatic carbocycles. The van der Waals surface area contributed by atoms with Gasteiger partial charge in [-0.3, -0.25) is 14.3 Å². The number of fused-ring (bicyclic) bond motifs is 2. The van der Waals surface area contributed by atoms with Gasteiger partial charge in [0.05, 0.1) is 23.8 Å². The summed E-state index contributed by atoms with van der Waals surface area (Å²) in [6, 6.07) is 22.1. The molecule has 5 aromatic rings. The van der Waals surface area contributed by atoms with E-state index in [1.807, 2.05) is 48.7 Å². The van der Waals surface area contributed by atoms with E-state index >= 15 is 0 Å². The molecule has 5 nitrogen and oxygen atoms in total. The number of rotatable bonds is 3. The van der Waals surface area contributed by atoms with Crippen LogP contribution < -0.4 is 5.56 Å². The topological polar surface area (TPSA) is 60.7 Å². The van der Waals surface area contributed by atoms with Gasteiger partial charge in [0.1, 0.15) is 0 Å². The van der Waals surface area contributed by atoms with Gasteiger partial charge in [-0.15, -0.1) is 0 Å². The first-order valence-electron chi connectivity index (χ1n) is 9.03. The van der Waals surface area contributed by atoms with Crippen molar-refractivity contribution in [3.63, 3.8) is 0 Å². The van der Waals surface area contributed by atoms with E-state index in [-0.39, 0.29) is 5.56 Å². The molecule has 0 fully saturated rings. The Morgan fingerprint density at radius 1 is 0.786 bits per heavy atom. The molecule has 0 spiro atoms. The molecule has 3 aromatic heterocycles. The molecule has 0 amide bonds. The van der Waals surface area contributed by atoms with E-state index < -0.39 is 0 Å². The number of aromatic nitrogens is 4. The molecule has 0 radical (unpaired) electrons. The Balaban J connectivity index is 1.56. The van der Waals surface area contributed by atoms with Crippen LogP contribution in [0.1, 0.15) is 5.56 Å². The van der Waals surface area contributed by atoms with Gasteiger partial charge in [-0.25, -0.2) is 9.97 Å². The van der Waals surface area contributed by atoms with Crippen LogP contribution in [0.5, 0.6) is 0 Å². The molecule has 5 rings (SSSR count). The second-order valence-corrected chi connectivity index (χ2v) is 6.65. The first-order chi connectivity index (χ1) is 13.8. The Bertz CT molecular complexity index is 1370. The quantitative estimate of drug-likeness (QED) is 0.484. The molecule has 134 valence electrons. The van der Waals surface area contributed by atoms with E-state index in [9.17, 15) is 4.79 Å². The van der Waals surface area contributed by atoms with Crippen molar-refractivity contribution in [1.29, 1.82) is 0 Å². The highest BCUT2D eigenvalue weighted by Gasteiger charge is 2.07. The minimum absolute atomic E-state index is 0.140. The van der Waals surface area contributed by atoms with Crippen LogP contribution in [0.25, 0.3) is 33.2 Å². The van der Waals surface area contributed by atoms with E-state index in [1.54, 1.807) is 10.8 Å². The lowest BCUT2D eigenvalue weighted by molar-refractivity contribution is 0.784. The standard InChI is InChI=1S/C23H16N4O/c28-22-14-26-23-21(9-4-10-24-23)27(22)15-16-5-3-7-17(11-16)19-12-18-6-1-2-8-20(18)25-13-19/h1-14H,15H2. The molecule has 28 heavy (non-hydrogen) atoms. The highest BCUT2D eigenvalue weighted by Crippen LogP contribution is 2.24. The van der Waals surface area contributed by atoms with Gasteiger partial charge < -0.3 is 0 Å². The molecule has 0 aliphatic rings. The fourth-order valence-electron chi connectivity index (χ4n) is 3.43. The van der Waals surface area contributed by atoms with Crippen LogP contribution in [0.4, 0.5) is 0 Å². The Morgan fingerprint density at radius 3 is 2.68 bits per heavy atom. The van der Waals surface area contributed by atoms with Gasteiger partial charge in [-0.05, 0) is 41.5 Å². The van der Waals surface area contributed by atoms with Crippen LogP contribution in [0.15, 0.2) is 90.1 Å². The summed E-state index contributed by atoms with van der Waals surface area (Å²) in [5.74, 6) is 0. The molecule has 0 bridgehead atoms. The van der Waals surface area contributed by atoms with Crippen molar-refractivity contribution in [2.45, 2.75) is 6.54 Å². The summed E-state index contributed by atoms with van der Waals surface area (Å²) in [7, 11) is 0. The van der Waals surface area contributed by atoms with Crippen LogP contribution >= 0.6 is 0 Å². The van der Waals surface area contributed by atoms with Gasteiger partial charge in [0.2, 0.25) is 0 Å². The lowest BCUT2D eigenvalue weighted by Crippen LogP contribution is -2.21. The molecule has 3 heterocycles. The van der Waals surface area contributed by atoms with Crippen molar-refractivity contribution in [3.05, 3.63) is 101 Å². The molecule has 0 saturated carbocycles. The first-order valence-corrected chi connectivity index (χ1v) is 9.03. The number of pyridine rings is 2. The lowest BCUT2D eigenvalue weighted by atomic mass is 10.0. The van der Waals surface area contributed by atoms with E-state index in [0.29, 0.717) is 12.2 Å². The first kappa shape index (κ1) is 16.3. The Labute approximate surface area is 161 Å². The summed E-state index contributed by atoms with van der Waals surface area (Å²) in [5, 5.41) is 1.10. The van der Waals surface area contributed by atoms with Crippen LogP contribution in [0, 0.1) is 0 Å². The van der Waals surface area contributed by atoms with Crippen LogP contribution in [0.2, 0.25) is 0 Å². The smallest absolute Gasteiger partial charge is 0.269 e. The van der Waals surface area contributed by atoms with Gasteiger partial charge >= 0.3 is 0 Å². The van der Waals surface area contributed by atoms with Gasteiger partial charge in [0.25, 0.3) is 5.56 Å². The highest BCUT2D eigenvalue weighted by molar-refractivity contribution is 5.83. The number of benzene rings is 2. The summed E-state index contributed by atoms with van der Waals surface area (Å²) >= 11 is 0. The Morgan fingerprint density at radius 2 is 1.71 bits per heavy atom. The largest absolute Gasteiger partial charge is 0.300 e. The number of hydrogen-bond acceptors (Lipinski definition) is 4. The predicted octanol–water partition coefficient (Wildman–Crippen LogP) is 4.06. The van der Waals surface area contributed by atoms with Gasteiger partial charge in [0, 0.05) is 23.3 Å². The van der Waals surface area contributed by atoms with E-state index in [1.165, 1.54) is 6.20 Å². The minimum atomic E-state index is -0.140. The maximum atomic E-state index is 12.4. The van der Waals surface area contributed by atoms with E-state index in [0.717, 1.165) is 33.1 Å². The van der Waals surface area contributed by atoms with Crippen molar-refractivity contribution in [3.8, 4) is 11.1 Å². The van der Waals surface area contributed by atoms with Crippen LogP contribution in [-0.4, -0.2) is 19.5 Å². The van der Waals surface area contributed by atoms with Crippen molar-refractivity contribution < 1.29 is 0 Å². The fourth-order valence-corrected chi connectivity index (χ4v) is 3.43. The molecular formula is C23H16N4O. The molecule has 0 atom stereocenters. The van der Waals surface area contributed by atoms with Gasteiger partial charge in [0.15, 0.2) is 5.65 Å². The average molecular weight is 364 g/mol. The second kappa shape index (κ2) is 6.70. The third-order valence-corrected chi connectivity index (χ3v) is 4.81. The number of hydrogen-bond donors (Lipinski definition) is 0. The normalized spacial score (nSPS) is 11.1. The van der Waals surface area contributed by atoms with Crippen molar-refractivity contribution in [2.24, 2.45) is 0 Å². The minimum Gasteiger partial charge on any atom is -0.300 e. The number of nitrogens with zero attached hydrogens (tertiary/aromatic N) is 4. The molecule has 0 unspecified atom stereocenters. The maximum absolute atomic E-state index is 12.4. The zero-order valence-corrected chi connectivity index (χ0v) is 15.0. The molecule has 5 heteroatoms. The third-order valence-electron chi connectivity index (χ3n) is 4.81. The second-order valence-electron chi connectivity index (χ2n) is 6.65. The monoisotopic (exact) mass is 364 g/mol. The SMILES string of the molecule is O=c1cnc2ncccc2n1Cc1cccc(-c2cnc3ccccc3c2)c1. The van der Waals surface area contributed by atoms with E-state index in [2.05, 4.69) is 39.2 Å². The summed E-state index contributed by atoms with van der Waals surface area (Å²) in [5.41, 5.74) is 5.28. The molecular weight excluding hydrogens is 348 g/mol. The third kappa shape index (κ3) is 2.93. The molecule has 0 N–H and O–H groups in total. The predicted molar refractivity (Wildman–Crippen MR) is 110 cm³/mol. The average Bonchev–Trinajstić information content (AvgIpc) is 2.76. The molecule has 2 aromatic carbocycles.